The minimum Gasteiger partial charge on any atom is -0.491 e. The first-order chi connectivity index (χ1) is 13.6. The first-order valence-electron chi connectivity index (χ1n) is 8.90. The summed E-state index contributed by atoms with van der Waals surface area (Å²) >= 11 is 0. The van der Waals surface area contributed by atoms with Crippen LogP contribution in [0.1, 0.15) is 17.3 Å². The molecule has 3 rings (SSSR count). The second-order valence-corrected chi connectivity index (χ2v) is 5.95. The normalized spacial score (nSPS) is 10.5. The Morgan fingerprint density at radius 1 is 1.04 bits per heavy atom. The molecule has 0 saturated carbocycles. The Morgan fingerprint density at radius 2 is 1.82 bits per heavy atom. The van der Waals surface area contributed by atoms with Crippen LogP contribution in [0.25, 0.3) is 10.8 Å². The minimum absolute atomic E-state index is 0.142. The van der Waals surface area contributed by atoms with Gasteiger partial charge in [0.05, 0.1) is 18.1 Å². The summed E-state index contributed by atoms with van der Waals surface area (Å²) in [5.41, 5.74) is -0.0400. The lowest BCUT2D eigenvalue weighted by Gasteiger charge is -2.10. The van der Waals surface area contributed by atoms with Crippen molar-refractivity contribution in [2.24, 2.45) is 0 Å². The summed E-state index contributed by atoms with van der Waals surface area (Å²) in [6.07, 6.45) is 0. The molecule has 3 aromatic carbocycles. The van der Waals surface area contributed by atoms with Crippen LogP contribution in [0.4, 0.5) is 5.69 Å². The van der Waals surface area contributed by atoms with Crippen LogP contribution in [0, 0.1) is 10.1 Å². The Labute approximate surface area is 162 Å². The highest BCUT2D eigenvalue weighted by Crippen LogP contribution is 2.28. The zero-order valence-corrected chi connectivity index (χ0v) is 15.4. The smallest absolute Gasteiger partial charge is 0.311 e. The zero-order chi connectivity index (χ0) is 19.9. The first-order valence-corrected chi connectivity index (χ1v) is 8.90. The minimum atomic E-state index is -0.564. The van der Waals surface area contributed by atoms with Gasteiger partial charge in [-0.1, -0.05) is 36.4 Å². The van der Waals surface area contributed by atoms with Crippen molar-refractivity contribution in [2.75, 3.05) is 19.8 Å². The van der Waals surface area contributed by atoms with E-state index in [2.05, 4.69) is 5.32 Å². The number of hydrogen-bond donors (Lipinski definition) is 1. The van der Waals surface area contributed by atoms with Gasteiger partial charge in [-0.15, -0.1) is 0 Å². The van der Waals surface area contributed by atoms with E-state index in [9.17, 15) is 14.9 Å². The lowest BCUT2D eigenvalue weighted by atomic mass is 10.1. The number of nitrogens with zero attached hydrogens (tertiary/aromatic N) is 1. The Kier molecular flexibility index (Phi) is 6.06. The van der Waals surface area contributed by atoms with Crippen LogP contribution in [0.15, 0.2) is 60.7 Å². The van der Waals surface area contributed by atoms with E-state index in [0.29, 0.717) is 6.61 Å². The van der Waals surface area contributed by atoms with Crippen LogP contribution in [0.3, 0.4) is 0 Å². The van der Waals surface area contributed by atoms with E-state index < -0.39 is 10.8 Å². The van der Waals surface area contributed by atoms with Crippen LogP contribution >= 0.6 is 0 Å². The van der Waals surface area contributed by atoms with E-state index in [1.54, 1.807) is 6.92 Å². The summed E-state index contributed by atoms with van der Waals surface area (Å²) in [4.78, 5) is 22.9. The Morgan fingerprint density at radius 3 is 2.61 bits per heavy atom. The monoisotopic (exact) mass is 380 g/mol. The molecule has 3 aromatic rings. The van der Waals surface area contributed by atoms with Gasteiger partial charge in [0, 0.05) is 17.0 Å². The maximum Gasteiger partial charge on any atom is 0.311 e. The standard InChI is InChI=1S/C21H20N2O5/c1-2-27-20-11-10-16(14-18(20)23(25)26)21(24)22-12-13-28-19-9-5-7-15-6-3-4-8-17(15)19/h3-11,14H,2,12-13H2,1H3,(H,22,24). The summed E-state index contributed by atoms with van der Waals surface area (Å²) in [6, 6.07) is 17.8. The zero-order valence-electron chi connectivity index (χ0n) is 15.4. The molecule has 0 aliphatic rings. The van der Waals surface area contributed by atoms with Crippen molar-refractivity contribution in [3.8, 4) is 11.5 Å². The third-order valence-electron chi connectivity index (χ3n) is 4.11. The van der Waals surface area contributed by atoms with Crippen molar-refractivity contribution in [1.82, 2.24) is 5.32 Å². The summed E-state index contributed by atoms with van der Waals surface area (Å²) in [7, 11) is 0. The quantitative estimate of drug-likeness (QED) is 0.363. The predicted molar refractivity (Wildman–Crippen MR) is 106 cm³/mol. The van der Waals surface area contributed by atoms with Gasteiger partial charge in [-0.2, -0.15) is 0 Å². The number of hydrogen-bond acceptors (Lipinski definition) is 5. The fourth-order valence-electron chi connectivity index (χ4n) is 2.83. The van der Waals surface area contributed by atoms with E-state index in [0.717, 1.165) is 16.5 Å². The summed E-state index contributed by atoms with van der Waals surface area (Å²) < 4.78 is 11.0. The van der Waals surface area contributed by atoms with Gasteiger partial charge in [0.2, 0.25) is 0 Å². The molecular weight excluding hydrogens is 360 g/mol. The Hall–Kier alpha value is -3.61. The SMILES string of the molecule is CCOc1ccc(C(=O)NCCOc2cccc3ccccc23)cc1[N+](=O)[O-]. The van der Waals surface area contributed by atoms with Crippen LogP contribution in [0.5, 0.6) is 11.5 Å². The molecular formula is C21H20N2O5. The van der Waals surface area contributed by atoms with Crippen molar-refractivity contribution < 1.29 is 19.2 Å². The second kappa shape index (κ2) is 8.85. The van der Waals surface area contributed by atoms with Gasteiger partial charge in [-0.25, -0.2) is 0 Å². The predicted octanol–water partition coefficient (Wildman–Crippen LogP) is 3.96. The van der Waals surface area contributed by atoms with E-state index in [1.165, 1.54) is 18.2 Å². The fraction of sp³-hybridized carbons (Fsp3) is 0.190. The number of nitro groups is 1. The van der Waals surface area contributed by atoms with Crippen molar-refractivity contribution in [2.45, 2.75) is 6.92 Å². The number of benzene rings is 3. The summed E-state index contributed by atoms with van der Waals surface area (Å²) in [5.74, 6) is 0.472. The van der Waals surface area contributed by atoms with Gasteiger partial charge in [-0.3, -0.25) is 14.9 Å². The lowest BCUT2D eigenvalue weighted by molar-refractivity contribution is -0.385. The van der Waals surface area contributed by atoms with Crippen molar-refractivity contribution in [3.05, 3.63) is 76.3 Å². The number of amides is 1. The molecule has 0 aliphatic heterocycles. The van der Waals surface area contributed by atoms with Crippen LogP contribution in [0.2, 0.25) is 0 Å². The van der Waals surface area contributed by atoms with Crippen molar-refractivity contribution in [1.29, 1.82) is 0 Å². The highest BCUT2D eigenvalue weighted by atomic mass is 16.6. The first kappa shape index (κ1) is 19.2. The molecule has 28 heavy (non-hydrogen) atoms. The van der Waals surface area contributed by atoms with Crippen LogP contribution < -0.4 is 14.8 Å². The molecule has 7 heteroatoms. The van der Waals surface area contributed by atoms with Crippen LogP contribution in [-0.4, -0.2) is 30.6 Å². The topological polar surface area (TPSA) is 90.7 Å². The Balaban J connectivity index is 1.60. The number of nitro benzene ring substituents is 1. The third-order valence-corrected chi connectivity index (χ3v) is 4.11. The number of fused-ring (bicyclic) bond motifs is 1. The number of nitrogens with one attached hydrogen (secondary N) is 1. The summed E-state index contributed by atoms with van der Waals surface area (Å²) in [5, 5.41) is 16.0. The van der Waals surface area contributed by atoms with Gasteiger partial charge in [-0.05, 0) is 30.5 Å². The molecule has 0 radical (unpaired) electrons. The van der Waals surface area contributed by atoms with Gasteiger partial charge in [0.25, 0.3) is 5.91 Å². The number of carbonyl (C=O) groups is 1. The molecule has 0 atom stereocenters. The lowest BCUT2D eigenvalue weighted by Crippen LogP contribution is -2.28. The molecule has 7 nitrogen and oxygen atoms in total. The maximum atomic E-state index is 12.3. The molecule has 0 heterocycles. The average molecular weight is 380 g/mol. The number of rotatable bonds is 8. The molecule has 0 unspecified atom stereocenters. The second-order valence-electron chi connectivity index (χ2n) is 5.95. The van der Waals surface area contributed by atoms with E-state index >= 15 is 0 Å². The molecule has 0 fully saturated rings. The molecule has 144 valence electrons. The molecule has 1 N–H and O–H groups in total. The van der Waals surface area contributed by atoms with Gasteiger partial charge < -0.3 is 14.8 Å². The van der Waals surface area contributed by atoms with Gasteiger partial charge in [0.1, 0.15) is 12.4 Å². The average Bonchev–Trinajstić information content (AvgIpc) is 2.71. The van der Waals surface area contributed by atoms with Crippen molar-refractivity contribution in [3.63, 3.8) is 0 Å². The highest BCUT2D eigenvalue weighted by Gasteiger charge is 2.18. The third kappa shape index (κ3) is 4.37. The Bertz CT molecular complexity index is 998. The number of carbonyl (C=O) groups excluding carboxylic acids is 1. The van der Waals surface area contributed by atoms with Crippen LogP contribution in [-0.2, 0) is 0 Å². The molecule has 0 aromatic heterocycles. The van der Waals surface area contributed by atoms with Gasteiger partial charge in [0.15, 0.2) is 5.75 Å². The molecule has 1 amide bonds. The molecule has 0 bridgehead atoms. The molecule has 0 spiro atoms. The van der Waals surface area contributed by atoms with Gasteiger partial charge >= 0.3 is 5.69 Å². The highest BCUT2D eigenvalue weighted by molar-refractivity contribution is 5.95. The summed E-state index contributed by atoms with van der Waals surface area (Å²) in [6.45, 7) is 2.58. The maximum absolute atomic E-state index is 12.3. The van der Waals surface area contributed by atoms with E-state index in [-0.39, 0.29) is 30.2 Å². The molecule has 0 aliphatic carbocycles. The number of ether oxygens (including phenoxy) is 2. The molecule has 0 saturated heterocycles. The van der Waals surface area contributed by atoms with E-state index in [4.69, 9.17) is 9.47 Å². The largest absolute Gasteiger partial charge is 0.491 e. The van der Waals surface area contributed by atoms with Crippen molar-refractivity contribution >= 4 is 22.4 Å². The fourth-order valence-corrected chi connectivity index (χ4v) is 2.83. The van der Waals surface area contributed by atoms with E-state index in [1.807, 2.05) is 42.5 Å².